The van der Waals surface area contributed by atoms with Gasteiger partial charge in [0.25, 0.3) is 0 Å². The van der Waals surface area contributed by atoms with Gasteiger partial charge in [-0.1, -0.05) is 98.7 Å². The fourth-order valence-corrected chi connectivity index (χ4v) is 8.29. The Labute approximate surface area is 518 Å². The van der Waals surface area contributed by atoms with E-state index in [4.69, 9.17) is 26.7 Å². The Hall–Kier alpha value is -8.36. The van der Waals surface area contributed by atoms with Crippen molar-refractivity contribution in [3.8, 4) is 0 Å². The van der Waals surface area contributed by atoms with Crippen LogP contribution in [0.25, 0.3) is 0 Å². The number of rotatable bonds is 37. The van der Waals surface area contributed by atoms with Gasteiger partial charge in [0.2, 0.25) is 47.3 Å². The third-order valence-electron chi connectivity index (χ3n) is 13.4. The Balaban J connectivity index is 3.66. The van der Waals surface area contributed by atoms with E-state index in [-0.39, 0.29) is 50.7 Å². The molecule has 1 aromatic carbocycles. The first-order valence-corrected chi connectivity index (χ1v) is 29.1. The maximum Gasteiger partial charge on any atom is 0.408 e. The molecule has 89 heavy (non-hydrogen) atoms. The van der Waals surface area contributed by atoms with Crippen LogP contribution in [0.15, 0.2) is 47.6 Å². The molecular weight excluding hydrogens is 1170 g/mol. The van der Waals surface area contributed by atoms with Gasteiger partial charge in [0.1, 0.15) is 66.6 Å². The molecule has 0 saturated carbocycles. The van der Waals surface area contributed by atoms with Crippen LogP contribution in [0.3, 0.4) is 0 Å². The zero-order chi connectivity index (χ0) is 68.2. The Kier molecular flexibility index (Phi) is 33.7. The summed E-state index contributed by atoms with van der Waals surface area (Å²) < 4.78 is 10.9. The van der Waals surface area contributed by atoms with Crippen LogP contribution < -0.4 is 70.4 Å². The molecule has 2 unspecified atom stereocenters. The van der Waals surface area contributed by atoms with Crippen molar-refractivity contribution in [3.05, 3.63) is 48.2 Å². The second kappa shape index (κ2) is 38.1. The van der Waals surface area contributed by atoms with Gasteiger partial charge >= 0.3 is 18.2 Å². The third-order valence-corrected chi connectivity index (χ3v) is 13.4. The normalized spacial score (nSPS) is 15.8. The number of aliphatic carboxylic acids is 1. The first-order valence-electron chi connectivity index (χ1n) is 29.1. The van der Waals surface area contributed by atoms with Crippen molar-refractivity contribution >= 4 is 71.4 Å². The highest BCUT2D eigenvalue weighted by atomic mass is 16.6. The van der Waals surface area contributed by atoms with Gasteiger partial charge in [-0.05, 0) is 76.2 Å². The number of nitrogens with one attached hydrogen (secondary N) is 10. The number of nitrogens with zero attached hydrogens (tertiary/aromatic N) is 1. The molecule has 21 N–H and O–H groups in total. The number of hydrogen-bond donors (Lipinski definition) is 18. The van der Waals surface area contributed by atoms with Crippen molar-refractivity contribution in [2.45, 2.75) is 194 Å². The number of carbonyl (C=O) groups is 11. The summed E-state index contributed by atoms with van der Waals surface area (Å²) in [6, 6.07) is -6.28. The molecule has 0 fully saturated rings. The van der Waals surface area contributed by atoms with Crippen molar-refractivity contribution in [1.82, 2.24) is 53.2 Å². The number of amides is 10. The van der Waals surface area contributed by atoms with E-state index in [0.29, 0.717) is 5.56 Å². The summed E-state index contributed by atoms with van der Waals surface area (Å²) in [5.74, 6) is -13.0. The highest BCUT2D eigenvalue weighted by molar-refractivity contribution is 5.98. The predicted molar refractivity (Wildman–Crippen MR) is 323 cm³/mol. The number of aliphatic hydroxyl groups excluding tert-OH is 4. The van der Waals surface area contributed by atoms with Gasteiger partial charge in [0.15, 0.2) is 5.96 Å². The molecule has 0 saturated heterocycles. The molecule has 0 aliphatic carbocycles. The fourth-order valence-electron chi connectivity index (χ4n) is 8.29. The molecule has 1 rings (SSSR count). The summed E-state index contributed by atoms with van der Waals surface area (Å²) in [5.41, 5.74) is 15.7. The summed E-state index contributed by atoms with van der Waals surface area (Å²) in [7, 11) is 0. The number of nitrogens with two attached hydrogens (primary N) is 3. The lowest BCUT2D eigenvalue weighted by Crippen LogP contribution is -2.65. The molecule has 1 aromatic rings. The van der Waals surface area contributed by atoms with E-state index in [0.717, 1.165) is 6.92 Å². The first-order chi connectivity index (χ1) is 41.3. The lowest BCUT2D eigenvalue weighted by Gasteiger charge is -2.34. The van der Waals surface area contributed by atoms with Crippen LogP contribution in [0, 0.1) is 23.7 Å². The van der Waals surface area contributed by atoms with Crippen LogP contribution in [-0.4, -0.2) is 195 Å². The summed E-state index contributed by atoms with van der Waals surface area (Å²) in [4.78, 5) is 154. The Bertz CT molecular complexity index is 2580. The number of hydrogen-bond acceptors (Lipinski definition) is 19. The highest BCUT2D eigenvalue weighted by Gasteiger charge is 2.41. The molecule has 0 bridgehead atoms. The van der Waals surface area contributed by atoms with Crippen molar-refractivity contribution in [2.75, 3.05) is 19.7 Å². The quantitative estimate of drug-likeness (QED) is 0.0177. The average Bonchev–Trinajstić information content (AvgIpc) is 3.50. The average molecular weight is 1270 g/mol. The number of benzene rings is 1. The number of alkyl carbamates (subject to hydrolysis) is 2. The smallest absolute Gasteiger partial charge is 0.408 e. The lowest BCUT2D eigenvalue weighted by molar-refractivity contribution is -0.144. The largest absolute Gasteiger partial charge is 0.480 e. The minimum atomic E-state index is -1.99. The van der Waals surface area contributed by atoms with E-state index in [1.165, 1.54) is 0 Å². The minimum absolute atomic E-state index is 0.0434. The van der Waals surface area contributed by atoms with Crippen LogP contribution in [0.5, 0.6) is 0 Å². The maximum absolute atomic E-state index is 14.6. The van der Waals surface area contributed by atoms with E-state index in [1.54, 1.807) is 106 Å². The fraction of sp³-hybridized carbons (Fsp3) is 0.649. The molecular formula is C57H96N14O18. The Morgan fingerprint density at radius 1 is 0.618 bits per heavy atom. The Morgan fingerprint density at radius 2 is 1.15 bits per heavy atom. The highest BCUT2D eigenvalue weighted by Crippen LogP contribution is 2.17. The predicted octanol–water partition coefficient (Wildman–Crippen LogP) is -3.21. The lowest BCUT2D eigenvalue weighted by atomic mass is 9.93. The minimum Gasteiger partial charge on any atom is -0.480 e. The summed E-state index contributed by atoms with van der Waals surface area (Å²) in [5, 5.41) is 75.3. The molecule has 13 atom stereocenters. The van der Waals surface area contributed by atoms with Gasteiger partial charge in [-0.3, -0.25) is 43.3 Å². The molecule has 502 valence electrons. The van der Waals surface area contributed by atoms with Crippen LogP contribution in [0.2, 0.25) is 0 Å². The molecule has 32 nitrogen and oxygen atoms in total. The zero-order valence-electron chi connectivity index (χ0n) is 52.7. The second-order valence-corrected chi connectivity index (χ2v) is 23.5. The number of aliphatic imine (C=N–C) groups is 1. The number of carboxylic acids is 1. The Morgan fingerprint density at radius 3 is 1.65 bits per heavy atom. The summed E-state index contributed by atoms with van der Waals surface area (Å²) >= 11 is 0. The van der Waals surface area contributed by atoms with Crippen LogP contribution in [0.4, 0.5) is 9.59 Å². The van der Waals surface area contributed by atoms with Gasteiger partial charge in [-0.25, -0.2) is 14.4 Å². The first kappa shape index (κ1) is 78.7. The van der Waals surface area contributed by atoms with E-state index in [9.17, 15) is 78.3 Å². The van der Waals surface area contributed by atoms with Gasteiger partial charge in [-0.15, -0.1) is 0 Å². The van der Waals surface area contributed by atoms with Crippen LogP contribution >= 0.6 is 0 Å². The van der Waals surface area contributed by atoms with Crippen molar-refractivity contribution in [2.24, 2.45) is 45.9 Å². The topological polar surface area (TPSA) is 518 Å². The van der Waals surface area contributed by atoms with Crippen LogP contribution in [-0.2, 0) is 59.2 Å². The molecule has 0 radical (unpaired) electrons. The molecule has 0 aliphatic heterocycles. The maximum atomic E-state index is 14.6. The molecule has 0 heterocycles. The molecule has 32 heteroatoms. The van der Waals surface area contributed by atoms with Crippen molar-refractivity contribution < 1.29 is 87.7 Å². The SMILES string of the molecule is C=C(N)[C@@H](O)C(NC(=O)CNC(=O)[C@@H](NC(=O)[C@@H](NC(=O)[C@@H](CCCN=C(N)N)NC(=O)[C@H](CC(C)C)NC(=O)C(NC(=O)[C@@H](NC(=O)OCc1ccccc1)[C@H](NC(=O)OC(C)(C)C)C(C)C)[C@H](O)C(C)C)[C@@H](C)CC)[C@H](C)O)C(=O)N[C@@H](CO)C(=O)O. The monoisotopic (exact) mass is 1260 g/mol. The van der Waals surface area contributed by atoms with E-state index >= 15 is 0 Å². The standard InChI is InChI=1S/C57H96N14O18/c1-14-30(8)39(49(80)68-40(32(10)73)48(79)62-24-37(74)66-43(45(76)31(9)58)52(83)65-36(25-72)53(84)85)67-46(77)34(21-18-22-61-54(59)60)63-47(78)35(23-27(2)3)64-51(82)42(44(75)29(6)7)69-50(81)41(38(28(4)5)70-56(87)89-57(11,12)13)71-55(86)88-26-33-19-16-15-17-20-33/h15-17,19-20,27-30,32,34-36,38-45,72-73,75-76H,9,14,18,21-26,58H2,1-8,10-13H3,(H,62,79)(H,63,78)(H,64,82)(H,65,83)(H,66,74)(H,67,77)(H,68,80)(H,69,81)(H,70,87)(H,71,86)(H,84,85)(H4,59,60,61)/t30-,32-,34+,35-,36-,38+,39-,40-,41-,42?,43?,44+,45+/m0/s1. The molecule has 0 aliphatic rings. The number of carboxylic acid groups (broad SMARTS) is 1. The zero-order valence-corrected chi connectivity index (χ0v) is 52.7. The third kappa shape index (κ3) is 28.6. The second-order valence-electron chi connectivity index (χ2n) is 23.5. The molecule has 0 aromatic heterocycles. The van der Waals surface area contributed by atoms with Gasteiger partial charge < -0.3 is 105 Å². The molecule has 0 spiro atoms. The summed E-state index contributed by atoms with van der Waals surface area (Å²) in [6.07, 6.45) is -7.34. The van der Waals surface area contributed by atoms with Gasteiger partial charge in [0.05, 0.1) is 31.4 Å². The summed E-state index contributed by atoms with van der Waals surface area (Å²) in [6.45, 7) is 20.1. The van der Waals surface area contributed by atoms with E-state index in [1.807, 2.05) is 5.32 Å². The van der Waals surface area contributed by atoms with E-state index < -0.39 is 180 Å². The van der Waals surface area contributed by atoms with E-state index in [2.05, 4.69) is 59.4 Å². The molecule has 10 amide bonds. The van der Waals surface area contributed by atoms with Gasteiger partial charge in [-0.2, -0.15) is 0 Å². The number of ether oxygens (including phenoxy) is 2. The number of carbonyl (C=O) groups excluding carboxylic acids is 10. The van der Waals surface area contributed by atoms with Crippen molar-refractivity contribution in [1.29, 1.82) is 0 Å². The number of guanidine groups is 1. The van der Waals surface area contributed by atoms with Crippen molar-refractivity contribution in [3.63, 3.8) is 0 Å². The van der Waals surface area contributed by atoms with Crippen LogP contribution in [0.1, 0.15) is 114 Å². The number of aliphatic hydroxyl groups is 4. The van der Waals surface area contributed by atoms with Gasteiger partial charge in [0, 0.05) is 12.2 Å².